The molecule has 1 rings (SSSR count). The van der Waals surface area contributed by atoms with Crippen LogP contribution in [0.1, 0.15) is 28.5 Å². The molecule has 0 aromatic carbocycles. The van der Waals surface area contributed by atoms with Gasteiger partial charge in [0.15, 0.2) is 12.4 Å². The maximum absolute atomic E-state index is 11.2. The third-order valence-electron chi connectivity index (χ3n) is 2.41. The predicted octanol–water partition coefficient (Wildman–Crippen LogP) is -0.480. The van der Waals surface area contributed by atoms with Crippen LogP contribution in [0.15, 0.2) is 0 Å². The highest BCUT2D eigenvalue weighted by atomic mass is 16.7. The van der Waals surface area contributed by atoms with Gasteiger partial charge >= 0.3 is 17.9 Å². The van der Waals surface area contributed by atoms with Crippen LogP contribution in [0.3, 0.4) is 0 Å². The van der Waals surface area contributed by atoms with Gasteiger partial charge in [0.05, 0.1) is 0 Å². The van der Waals surface area contributed by atoms with E-state index in [1.165, 1.54) is 6.92 Å². The smallest absolute Gasteiger partial charge is 0.303 e. The fourth-order valence-corrected chi connectivity index (χ4v) is 1.75. The normalized spacial score (nSPS) is 33.8. The molecule has 0 spiro atoms. The molecule has 0 aromatic rings. The van der Waals surface area contributed by atoms with E-state index in [2.05, 4.69) is 0 Å². The summed E-state index contributed by atoms with van der Waals surface area (Å²) in [6.45, 7) is 3.13. The first kappa shape index (κ1) is 14.7. The van der Waals surface area contributed by atoms with Crippen LogP contribution in [0, 0.1) is 0 Å². The molecule has 8 nitrogen and oxygen atoms in total. The molecular formula is C12H18O8. The summed E-state index contributed by atoms with van der Waals surface area (Å²) < 4.78 is 27.6. The van der Waals surface area contributed by atoms with Gasteiger partial charge in [-0.25, -0.2) is 0 Å². The maximum Gasteiger partial charge on any atom is 0.303 e. The molecule has 0 aliphatic carbocycles. The SMILES string of the molecule is [2H][C@H]1[C@@H](OC(C)=O)[C@@H](OC(C)=O)[C@@H](COC(C)=O)O[C@@H]1O. The van der Waals surface area contributed by atoms with Crippen LogP contribution in [0.5, 0.6) is 0 Å². The van der Waals surface area contributed by atoms with Gasteiger partial charge in [0.25, 0.3) is 0 Å². The van der Waals surface area contributed by atoms with Gasteiger partial charge in [-0.2, -0.15) is 0 Å². The highest BCUT2D eigenvalue weighted by Gasteiger charge is 2.43. The maximum atomic E-state index is 11.2. The van der Waals surface area contributed by atoms with E-state index in [4.69, 9.17) is 20.3 Å². The lowest BCUT2D eigenvalue weighted by atomic mass is 10.0. The molecule has 1 N–H and O–H groups in total. The Morgan fingerprint density at radius 2 is 1.80 bits per heavy atom. The van der Waals surface area contributed by atoms with Crippen LogP contribution in [0.4, 0.5) is 0 Å². The average Bonchev–Trinajstić information content (AvgIpc) is 2.35. The van der Waals surface area contributed by atoms with Crippen LogP contribution in [-0.4, -0.2) is 54.2 Å². The van der Waals surface area contributed by atoms with E-state index < -0.39 is 48.9 Å². The van der Waals surface area contributed by atoms with Crippen molar-refractivity contribution in [2.75, 3.05) is 6.61 Å². The molecule has 5 atom stereocenters. The highest BCUT2D eigenvalue weighted by molar-refractivity contribution is 5.67. The zero-order valence-electron chi connectivity index (χ0n) is 12.4. The van der Waals surface area contributed by atoms with Gasteiger partial charge in [0.2, 0.25) is 0 Å². The van der Waals surface area contributed by atoms with Gasteiger partial charge in [-0.15, -0.1) is 0 Å². The highest BCUT2D eigenvalue weighted by Crippen LogP contribution is 2.25. The fourth-order valence-electron chi connectivity index (χ4n) is 1.75. The van der Waals surface area contributed by atoms with E-state index in [1.807, 2.05) is 0 Å². The first-order valence-corrected chi connectivity index (χ1v) is 5.96. The van der Waals surface area contributed by atoms with E-state index in [0.717, 1.165) is 13.8 Å². The Morgan fingerprint density at radius 1 is 1.20 bits per heavy atom. The van der Waals surface area contributed by atoms with Crippen molar-refractivity contribution < 1.29 is 39.8 Å². The van der Waals surface area contributed by atoms with Crippen molar-refractivity contribution in [2.24, 2.45) is 0 Å². The molecular weight excluding hydrogens is 272 g/mol. The van der Waals surface area contributed by atoms with E-state index in [1.54, 1.807) is 0 Å². The molecule has 0 radical (unpaired) electrons. The van der Waals surface area contributed by atoms with Crippen molar-refractivity contribution in [3.63, 3.8) is 0 Å². The predicted molar refractivity (Wildman–Crippen MR) is 63.2 cm³/mol. The number of hydrogen-bond acceptors (Lipinski definition) is 8. The van der Waals surface area contributed by atoms with Crippen molar-refractivity contribution >= 4 is 17.9 Å². The number of ether oxygens (including phenoxy) is 4. The lowest BCUT2D eigenvalue weighted by molar-refractivity contribution is -0.252. The summed E-state index contributed by atoms with van der Waals surface area (Å²) in [6, 6.07) is 0. The summed E-state index contributed by atoms with van der Waals surface area (Å²) in [5.74, 6) is -1.97. The topological polar surface area (TPSA) is 108 Å². The van der Waals surface area contributed by atoms with E-state index in [0.29, 0.717) is 0 Å². The molecule has 0 aromatic heterocycles. The minimum absolute atomic E-state index is 0.311. The minimum Gasteiger partial charge on any atom is -0.463 e. The van der Waals surface area contributed by atoms with Crippen LogP contribution < -0.4 is 0 Å². The molecule has 114 valence electrons. The molecule has 20 heavy (non-hydrogen) atoms. The Hall–Kier alpha value is -1.67. The average molecular weight is 291 g/mol. The molecule has 0 unspecified atom stereocenters. The second kappa shape index (κ2) is 7.20. The number of carbonyl (C=O) groups is 3. The molecule has 1 heterocycles. The van der Waals surface area contributed by atoms with Crippen molar-refractivity contribution in [1.29, 1.82) is 0 Å². The summed E-state index contributed by atoms with van der Waals surface area (Å²) in [5.41, 5.74) is 0. The Bertz CT molecular complexity index is 412. The molecule has 1 aliphatic rings. The molecule has 0 amide bonds. The standard InChI is InChI=1S/C12H18O8/c1-6(13)17-5-10-12(19-8(3)15)9(18-7(2)14)4-11(16)20-10/h9-12,16H,4-5H2,1-3H3/t9-,10-,11+,12-/m1/s1/i4D/t4-,9+,10+,11-,12+/m0. The van der Waals surface area contributed by atoms with Crippen LogP contribution >= 0.6 is 0 Å². The third-order valence-corrected chi connectivity index (χ3v) is 2.41. The van der Waals surface area contributed by atoms with Gasteiger partial charge in [-0.05, 0) is 0 Å². The molecule has 0 bridgehead atoms. The number of rotatable bonds is 4. The zero-order valence-corrected chi connectivity index (χ0v) is 11.4. The van der Waals surface area contributed by atoms with Gasteiger partial charge in [-0.3, -0.25) is 14.4 Å². The van der Waals surface area contributed by atoms with Gasteiger partial charge < -0.3 is 24.1 Å². The zero-order chi connectivity index (χ0) is 16.2. The fraction of sp³-hybridized carbons (Fsp3) is 0.750. The largest absolute Gasteiger partial charge is 0.463 e. The number of aliphatic hydroxyl groups excluding tert-OH is 1. The summed E-state index contributed by atoms with van der Waals surface area (Å²) in [4.78, 5) is 33.1. The van der Waals surface area contributed by atoms with E-state index in [-0.39, 0.29) is 6.61 Å². The van der Waals surface area contributed by atoms with Gasteiger partial charge in [0, 0.05) is 28.5 Å². The number of aliphatic hydroxyl groups is 1. The molecule has 1 aliphatic heterocycles. The molecule has 1 fully saturated rings. The van der Waals surface area contributed by atoms with Crippen LogP contribution in [0.2, 0.25) is 0 Å². The lowest BCUT2D eigenvalue weighted by Gasteiger charge is -2.38. The van der Waals surface area contributed by atoms with Gasteiger partial charge in [-0.1, -0.05) is 0 Å². The number of carbonyl (C=O) groups excluding carboxylic acids is 3. The molecule has 8 heteroatoms. The van der Waals surface area contributed by atoms with Crippen LogP contribution in [0.25, 0.3) is 0 Å². The van der Waals surface area contributed by atoms with Crippen LogP contribution in [-0.2, 0) is 33.3 Å². The second-order valence-electron chi connectivity index (χ2n) is 4.21. The number of esters is 3. The molecule has 1 saturated heterocycles. The summed E-state index contributed by atoms with van der Waals surface area (Å²) in [5, 5.41) is 9.67. The lowest BCUT2D eigenvalue weighted by Crippen LogP contribution is -2.53. The van der Waals surface area contributed by atoms with Crippen molar-refractivity contribution in [1.82, 2.24) is 0 Å². The first-order chi connectivity index (χ1) is 9.72. The molecule has 0 saturated carbocycles. The van der Waals surface area contributed by atoms with E-state index in [9.17, 15) is 19.5 Å². The quantitative estimate of drug-likeness (QED) is 0.546. The third kappa shape index (κ3) is 5.14. The first-order valence-electron chi connectivity index (χ1n) is 6.53. The van der Waals surface area contributed by atoms with E-state index >= 15 is 0 Å². The Morgan fingerprint density at radius 3 is 2.30 bits per heavy atom. The van der Waals surface area contributed by atoms with Crippen molar-refractivity contribution in [3.05, 3.63) is 0 Å². The second-order valence-corrected chi connectivity index (χ2v) is 4.21. The minimum atomic E-state index is -1.57. The summed E-state index contributed by atoms with van der Waals surface area (Å²) >= 11 is 0. The van der Waals surface area contributed by atoms with Crippen molar-refractivity contribution in [2.45, 2.75) is 51.8 Å². The Kier molecular flexibility index (Phi) is 5.31. The summed E-state index contributed by atoms with van der Waals surface area (Å²) in [7, 11) is 0. The summed E-state index contributed by atoms with van der Waals surface area (Å²) in [6.07, 6.45) is -6.35. The number of hydrogen-bond donors (Lipinski definition) is 1. The Labute approximate surface area is 117 Å². The Balaban J connectivity index is 2.94. The van der Waals surface area contributed by atoms with Gasteiger partial charge in [0.1, 0.15) is 18.8 Å². The van der Waals surface area contributed by atoms with Crippen molar-refractivity contribution in [3.8, 4) is 0 Å². The monoisotopic (exact) mass is 291 g/mol.